The van der Waals surface area contributed by atoms with Crippen LogP contribution in [0.4, 0.5) is 13.2 Å². The third-order valence-electron chi connectivity index (χ3n) is 8.05. The Bertz CT molecular complexity index is 1060. The highest BCUT2D eigenvalue weighted by atomic mass is 19.2. The van der Waals surface area contributed by atoms with Crippen molar-refractivity contribution in [3.63, 3.8) is 0 Å². The smallest absolute Gasteiger partial charge is 0.338 e. The summed E-state index contributed by atoms with van der Waals surface area (Å²) in [6.07, 6.45) is 6.30. The molecular weight excluding hydrogens is 469 g/mol. The first-order valence-corrected chi connectivity index (χ1v) is 13.1. The number of hydrogen-bond acceptors (Lipinski definition) is 4. The molecule has 2 aromatic rings. The highest BCUT2D eigenvalue weighted by molar-refractivity contribution is 5.89. The van der Waals surface area contributed by atoms with E-state index in [1.807, 2.05) is 6.92 Å². The monoisotopic (exact) mass is 504 g/mol. The number of hydrogen-bond donors (Lipinski definition) is 2. The maximum atomic E-state index is 15.1. The van der Waals surface area contributed by atoms with Crippen LogP contribution in [-0.4, -0.2) is 28.4 Å². The van der Waals surface area contributed by atoms with Gasteiger partial charge in [-0.25, -0.2) is 18.0 Å². The van der Waals surface area contributed by atoms with Crippen LogP contribution in [0.25, 0.3) is 0 Å². The van der Waals surface area contributed by atoms with Gasteiger partial charge in [-0.3, -0.25) is 0 Å². The fraction of sp³-hybridized carbons (Fsp3) is 0.552. The lowest BCUT2D eigenvalue weighted by atomic mass is 9.75. The Hall–Kier alpha value is -2.54. The van der Waals surface area contributed by atoms with Crippen molar-refractivity contribution < 1.29 is 32.9 Å². The first-order valence-electron chi connectivity index (χ1n) is 13.1. The molecule has 1 unspecified atom stereocenters. The Morgan fingerprint density at radius 2 is 1.47 bits per heavy atom. The second-order valence-corrected chi connectivity index (χ2v) is 10.4. The van der Waals surface area contributed by atoms with Gasteiger partial charge in [0.2, 0.25) is 0 Å². The van der Waals surface area contributed by atoms with Crippen LogP contribution in [0.2, 0.25) is 0 Å². The predicted molar refractivity (Wildman–Crippen MR) is 130 cm³/mol. The fourth-order valence-corrected chi connectivity index (χ4v) is 5.90. The number of aromatic hydroxyl groups is 1. The van der Waals surface area contributed by atoms with Gasteiger partial charge >= 0.3 is 5.97 Å². The average molecular weight is 505 g/mol. The average Bonchev–Trinajstić information content (AvgIpc) is 2.88. The van der Waals surface area contributed by atoms with E-state index in [-0.39, 0.29) is 35.5 Å². The van der Waals surface area contributed by atoms with Crippen molar-refractivity contribution in [3.05, 3.63) is 64.5 Å². The predicted octanol–water partition coefficient (Wildman–Crippen LogP) is 7.13. The van der Waals surface area contributed by atoms with Crippen LogP contribution in [0.3, 0.4) is 0 Å². The summed E-state index contributed by atoms with van der Waals surface area (Å²) in [4.78, 5) is 12.3. The van der Waals surface area contributed by atoms with Crippen molar-refractivity contribution >= 4 is 5.97 Å². The first-order chi connectivity index (χ1) is 17.3. The van der Waals surface area contributed by atoms with E-state index in [1.54, 1.807) is 12.1 Å². The maximum Gasteiger partial charge on any atom is 0.338 e. The maximum absolute atomic E-state index is 15.1. The first kappa shape index (κ1) is 26.5. The highest BCUT2D eigenvalue weighted by Gasteiger charge is 2.32. The Morgan fingerprint density at radius 3 is 2.00 bits per heavy atom. The summed E-state index contributed by atoms with van der Waals surface area (Å²) in [6, 6.07) is 6.77. The second-order valence-electron chi connectivity index (χ2n) is 10.4. The van der Waals surface area contributed by atoms with Crippen molar-refractivity contribution in [1.29, 1.82) is 0 Å². The van der Waals surface area contributed by atoms with E-state index in [0.717, 1.165) is 50.7 Å². The third kappa shape index (κ3) is 5.88. The van der Waals surface area contributed by atoms with Crippen LogP contribution in [0, 0.1) is 23.4 Å². The molecule has 0 bridgehead atoms. The minimum Gasteiger partial charge on any atom is -0.505 e. The van der Waals surface area contributed by atoms with Crippen molar-refractivity contribution in [3.8, 4) is 5.75 Å². The molecule has 0 amide bonds. The molecule has 2 aliphatic rings. The van der Waals surface area contributed by atoms with Gasteiger partial charge in [0.05, 0.1) is 11.7 Å². The van der Waals surface area contributed by atoms with Crippen molar-refractivity contribution in [2.45, 2.75) is 95.2 Å². The summed E-state index contributed by atoms with van der Waals surface area (Å²) in [6.45, 7) is 2.05. The van der Waals surface area contributed by atoms with Gasteiger partial charge in [0, 0.05) is 0 Å². The van der Waals surface area contributed by atoms with E-state index in [2.05, 4.69) is 0 Å². The number of phenols is 1. The van der Waals surface area contributed by atoms with Crippen LogP contribution in [-0.2, 0) is 4.74 Å². The molecule has 0 saturated heterocycles. The van der Waals surface area contributed by atoms with Crippen LogP contribution in [0.15, 0.2) is 30.3 Å². The van der Waals surface area contributed by atoms with Gasteiger partial charge in [0.1, 0.15) is 6.10 Å². The number of halogens is 3. The minimum atomic E-state index is -0.892. The van der Waals surface area contributed by atoms with Gasteiger partial charge in [0.15, 0.2) is 23.2 Å². The van der Waals surface area contributed by atoms with Crippen molar-refractivity contribution in [2.24, 2.45) is 5.92 Å². The van der Waals surface area contributed by atoms with Gasteiger partial charge in [0.25, 0.3) is 0 Å². The Morgan fingerprint density at radius 1 is 0.917 bits per heavy atom. The van der Waals surface area contributed by atoms with E-state index in [9.17, 15) is 19.4 Å². The lowest BCUT2D eigenvalue weighted by Gasteiger charge is -2.32. The molecule has 4 nitrogen and oxygen atoms in total. The molecule has 7 heteroatoms. The number of aliphatic hydroxyl groups is 1. The number of aliphatic hydroxyl groups excluding tert-OH is 1. The number of esters is 1. The minimum absolute atomic E-state index is 0.0186. The summed E-state index contributed by atoms with van der Waals surface area (Å²) < 4.78 is 49.3. The molecule has 2 fully saturated rings. The summed E-state index contributed by atoms with van der Waals surface area (Å²) in [5.74, 6) is -3.58. The lowest BCUT2D eigenvalue weighted by Crippen LogP contribution is -2.26. The summed E-state index contributed by atoms with van der Waals surface area (Å²) in [5.41, 5.74) is 0.821. The molecule has 196 valence electrons. The molecule has 1 atom stereocenters. The van der Waals surface area contributed by atoms with E-state index in [0.29, 0.717) is 36.8 Å². The lowest BCUT2D eigenvalue weighted by molar-refractivity contribution is 0.0193. The van der Waals surface area contributed by atoms with Gasteiger partial charge in [-0.05, 0) is 105 Å². The van der Waals surface area contributed by atoms with E-state index < -0.39 is 29.2 Å². The Labute approximate surface area is 210 Å². The summed E-state index contributed by atoms with van der Waals surface area (Å²) in [5, 5.41) is 19.5. The number of phenolic OH excluding ortho intramolecular Hbond substituents is 1. The molecule has 0 radical (unpaired) electrons. The summed E-state index contributed by atoms with van der Waals surface area (Å²) in [7, 11) is 0. The van der Waals surface area contributed by atoms with Crippen molar-refractivity contribution in [1.82, 2.24) is 0 Å². The molecule has 4 rings (SSSR count). The van der Waals surface area contributed by atoms with Crippen LogP contribution < -0.4 is 0 Å². The molecule has 2 aliphatic carbocycles. The Kier molecular flexibility index (Phi) is 8.60. The quantitative estimate of drug-likeness (QED) is 0.394. The Balaban J connectivity index is 1.33. The standard InChI is InChI=1S/C29H35F3O4/c1-2-3-25(33)19-6-4-17(5-7-19)22-13-14-23(28(32)27(22)31)18-8-11-21(12-9-18)36-29(35)20-10-15-26(34)24(30)16-20/h10,13-19,21,25,33-34H,2-9,11-12H2,1H3. The number of rotatable bonds is 7. The number of ether oxygens (including phenoxy) is 1. The normalized spacial score (nSPS) is 25.4. The largest absolute Gasteiger partial charge is 0.505 e. The van der Waals surface area contributed by atoms with Gasteiger partial charge in [-0.1, -0.05) is 25.5 Å². The van der Waals surface area contributed by atoms with Gasteiger partial charge in [-0.2, -0.15) is 0 Å². The molecule has 2 aromatic carbocycles. The zero-order chi connectivity index (χ0) is 25.8. The van der Waals surface area contributed by atoms with Crippen LogP contribution in [0.5, 0.6) is 5.75 Å². The molecule has 0 aliphatic heterocycles. The molecule has 2 saturated carbocycles. The SMILES string of the molecule is CCCC(O)C1CCC(c2ccc(C3CCC(OC(=O)c4ccc(O)c(F)c4)CC3)c(F)c2F)CC1. The number of benzene rings is 2. The highest BCUT2D eigenvalue weighted by Crippen LogP contribution is 2.42. The molecular formula is C29H35F3O4. The number of carbonyl (C=O) groups excluding carboxylic acids is 1. The number of carbonyl (C=O) groups is 1. The third-order valence-corrected chi connectivity index (χ3v) is 8.05. The molecule has 36 heavy (non-hydrogen) atoms. The topological polar surface area (TPSA) is 66.8 Å². The van der Waals surface area contributed by atoms with E-state index in [4.69, 9.17) is 4.74 Å². The van der Waals surface area contributed by atoms with E-state index >= 15 is 8.78 Å². The van der Waals surface area contributed by atoms with Crippen LogP contribution in [0.1, 0.15) is 104 Å². The molecule has 0 spiro atoms. The van der Waals surface area contributed by atoms with Gasteiger partial charge in [-0.15, -0.1) is 0 Å². The zero-order valence-electron chi connectivity index (χ0n) is 20.7. The molecule has 0 heterocycles. The second kappa shape index (κ2) is 11.7. The molecule has 2 N–H and O–H groups in total. The van der Waals surface area contributed by atoms with Crippen molar-refractivity contribution in [2.75, 3.05) is 0 Å². The summed E-state index contributed by atoms with van der Waals surface area (Å²) >= 11 is 0. The fourth-order valence-electron chi connectivity index (χ4n) is 5.90. The van der Waals surface area contributed by atoms with Gasteiger partial charge < -0.3 is 14.9 Å². The zero-order valence-corrected chi connectivity index (χ0v) is 20.7. The van der Waals surface area contributed by atoms with E-state index in [1.165, 1.54) is 6.07 Å². The molecule has 0 aromatic heterocycles. The van der Waals surface area contributed by atoms with Crippen LogP contribution >= 0.6 is 0 Å².